The predicted octanol–water partition coefficient (Wildman–Crippen LogP) is 4.02. The van der Waals surface area contributed by atoms with Gasteiger partial charge < -0.3 is 9.84 Å². The van der Waals surface area contributed by atoms with E-state index < -0.39 is 17.7 Å². The molecule has 1 aliphatic heterocycles. The maximum Gasteiger partial charge on any atom is 0.300 e. The minimum Gasteiger partial charge on any atom is -0.507 e. The zero-order chi connectivity index (χ0) is 21.3. The van der Waals surface area contributed by atoms with Crippen molar-refractivity contribution >= 4 is 23.1 Å². The molecule has 150 valence electrons. The van der Waals surface area contributed by atoms with Gasteiger partial charge in [-0.15, -0.1) is 0 Å². The van der Waals surface area contributed by atoms with Crippen molar-refractivity contribution in [2.45, 2.75) is 13.0 Å². The number of para-hydroxylation sites is 1. The first-order chi connectivity index (χ1) is 14.5. The number of Topliss-reactive ketones (excluding diaryl/α,β-unsaturated/α-hetero) is 1. The Morgan fingerprint density at radius 3 is 2.50 bits per heavy atom. The lowest BCUT2D eigenvalue weighted by Gasteiger charge is -2.26. The van der Waals surface area contributed by atoms with Crippen LogP contribution < -0.4 is 9.64 Å². The summed E-state index contributed by atoms with van der Waals surface area (Å²) in [4.78, 5) is 32.0. The van der Waals surface area contributed by atoms with E-state index in [0.717, 1.165) is 5.56 Å². The van der Waals surface area contributed by atoms with Gasteiger partial charge in [0.2, 0.25) is 0 Å². The van der Waals surface area contributed by atoms with Crippen LogP contribution in [0.3, 0.4) is 0 Å². The summed E-state index contributed by atoms with van der Waals surface area (Å²) < 4.78 is 5.22. The number of pyridine rings is 1. The summed E-state index contributed by atoms with van der Waals surface area (Å²) in [5.41, 5.74) is 2.30. The highest BCUT2D eigenvalue weighted by Crippen LogP contribution is 2.42. The second kappa shape index (κ2) is 7.83. The molecule has 0 aliphatic carbocycles. The molecule has 0 bridgehead atoms. The molecule has 6 nitrogen and oxygen atoms in total. The van der Waals surface area contributed by atoms with Gasteiger partial charge in [-0.25, -0.2) is 0 Å². The molecule has 1 fully saturated rings. The number of hydrogen-bond donors (Lipinski definition) is 1. The molecule has 2 aromatic carbocycles. The van der Waals surface area contributed by atoms with E-state index >= 15 is 0 Å². The SMILES string of the molecule is COc1cccc(/C(O)=C2/C(=O)C(=O)N(c3ccccc3C)C2c2ccccn2)c1. The quantitative estimate of drug-likeness (QED) is 0.406. The van der Waals surface area contributed by atoms with Gasteiger partial charge in [0.25, 0.3) is 11.7 Å². The van der Waals surface area contributed by atoms with Crippen LogP contribution >= 0.6 is 0 Å². The molecule has 0 saturated carbocycles. The first-order valence-corrected chi connectivity index (χ1v) is 9.45. The van der Waals surface area contributed by atoms with Crippen molar-refractivity contribution in [3.63, 3.8) is 0 Å². The molecule has 1 aliphatic rings. The summed E-state index contributed by atoms with van der Waals surface area (Å²) in [6.45, 7) is 1.87. The number of aliphatic hydroxyl groups is 1. The van der Waals surface area contributed by atoms with Crippen LogP contribution in [-0.2, 0) is 9.59 Å². The second-order valence-corrected chi connectivity index (χ2v) is 6.94. The van der Waals surface area contributed by atoms with Gasteiger partial charge in [-0.1, -0.05) is 36.4 Å². The first kappa shape index (κ1) is 19.4. The molecule has 4 rings (SSSR count). The van der Waals surface area contributed by atoms with Crippen LogP contribution in [0.2, 0.25) is 0 Å². The lowest BCUT2D eigenvalue weighted by molar-refractivity contribution is -0.132. The molecule has 2 heterocycles. The van der Waals surface area contributed by atoms with Crippen LogP contribution in [0.25, 0.3) is 5.76 Å². The highest BCUT2D eigenvalue weighted by molar-refractivity contribution is 6.51. The molecule has 1 atom stereocenters. The number of hydrogen-bond acceptors (Lipinski definition) is 5. The summed E-state index contributed by atoms with van der Waals surface area (Å²) in [6, 6.07) is 18.5. The number of ketones is 1. The summed E-state index contributed by atoms with van der Waals surface area (Å²) in [6.07, 6.45) is 1.60. The molecule has 0 radical (unpaired) electrons. The van der Waals surface area contributed by atoms with Crippen molar-refractivity contribution in [3.05, 3.63) is 95.3 Å². The lowest BCUT2D eigenvalue weighted by Crippen LogP contribution is -2.30. The van der Waals surface area contributed by atoms with E-state index in [1.807, 2.05) is 19.1 Å². The molecular weight excluding hydrogens is 380 g/mol. The summed E-state index contributed by atoms with van der Waals surface area (Å²) >= 11 is 0. The highest BCUT2D eigenvalue weighted by atomic mass is 16.5. The van der Waals surface area contributed by atoms with E-state index in [2.05, 4.69) is 4.98 Å². The van der Waals surface area contributed by atoms with Crippen molar-refractivity contribution in [3.8, 4) is 5.75 Å². The number of nitrogens with zero attached hydrogens (tertiary/aromatic N) is 2. The van der Waals surface area contributed by atoms with E-state index in [9.17, 15) is 14.7 Å². The Labute approximate surface area is 174 Å². The number of ether oxygens (including phenoxy) is 1. The lowest BCUT2D eigenvalue weighted by atomic mass is 9.98. The third-order valence-electron chi connectivity index (χ3n) is 5.13. The van der Waals surface area contributed by atoms with Gasteiger partial charge in [0.15, 0.2) is 0 Å². The molecule has 1 amide bonds. The number of carbonyl (C=O) groups excluding carboxylic acids is 2. The molecule has 1 unspecified atom stereocenters. The number of aryl methyl sites for hydroxylation is 1. The normalized spacial score (nSPS) is 17.9. The topological polar surface area (TPSA) is 79.7 Å². The first-order valence-electron chi connectivity index (χ1n) is 9.45. The van der Waals surface area contributed by atoms with Crippen molar-refractivity contribution < 1.29 is 19.4 Å². The van der Waals surface area contributed by atoms with Crippen molar-refractivity contribution in [1.29, 1.82) is 0 Å². The fraction of sp³-hybridized carbons (Fsp3) is 0.125. The van der Waals surface area contributed by atoms with Crippen LogP contribution in [0.4, 0.5) is 5.69 Å². The Bertz CT molecular complexity index is 1150. The molecule has 1 saturated heterocycles. The Morgan fingerprint density at radius 1 is 1.03 bits per heavy atom. The molecule has 1 N–H and O–H groups in total. The number of methoxy groups -OCH3 is 1. The van der Waals surface area contributed by atoms with Gasteiger partial charge in [0.1, 0.15) is 17.6 Å². The number of benzene rings is 2. The monoisotopic (exact) mass is 400 g/mol. The number of rotatable bonds is 4. The molecular formula is C24H20N2O4. The fourth-order valence-electron chi connectivity index (χ4n) is 3.66. The average molecular weight is 400 g/mol. The van der Waals surface area contributed by atoms with Gasteiger partial charge in [-0.2, -0.15) is 0 Å². The summed E-state index contributed by atoms with van der Waals surface area (Å²) in [5, 5.41) is 11.1. The third-order valence-corrected chi connectivity index (χ3v) is 5.13. The summed E-state index contributed by atoms with van der Waals surface area (Å²) in [5.74, 6) is -1.20. The maximum atomic E-state index is 13.1. The predicted molar refractivity (Wildman–Crippen MR) is 113 cm³/mol. The van der Waals surface area contributed by atoms with Crippen LogP contribution in [0.15, 0.2) is 78.5 Å². The van der Waals surface area contributed by atoms with Crippen molar-refractivity contribution in [2.24, 2.45) is 0 Å². The van der Waals surface area contributed by atoms with Crippen molar-refractivity contribution in [2.75, 3.05) is 12.0 Å². The van der Waals surface area contributed by atoms with Gasteiger partial charge >= 0.3 is 0 Å². The number of aliphatic hydroxyl groups excluding tert-OH is 1. The van der Waals surface area contributed by atoms with E-state index in [-0.39, 0.29) is 11.3 Å². The van der Waals surface area contributed by atoms with E-state index in [4.69, 9.17) is 4.74 Å². The molecule has 1 aromatic heterocycles. The van der Waals surface area contributed by atoms with Gasteiger partial charge in [0, 0.05) is 17.4 Å². The zero-order valence-corrected chi connectivity index (χ0v) is 16.6. The van der Waals surface area contributed by atoms with E-state index in [1.54, 1.807) is 60.8 Å². The van der Waals surface area contributed by atoms with Crippen molar-refractivity contribution in [1.82, 2.24) is 4.98 Å². The van der Waals surface area contributed by atoms with Gasteiger partial charge in [0.05, 0.1) is 18.4 Å². The number of amides is 1. The van der Waals surface area contributed by atoms with Gasteiger partial charge in [-0.05, 0) is 42.8 Å². The minimum absolute atomic E-state index is 0.00444. The smallest absolute Gasteiger partial charge is 0.300 e. The molecule has 30 heavy (non-hydrogen) atoms. The number of carbonyl (C=O) groups is 2. The Hall–Kier alpha value is -3.93. The molecule has 0 spiro atoms. The number of aromatic nitrogens is 1. The third kappa shape index (κ3) is 3.22. The van der Waals surface area contributed by atoms with Crippen LogP contribution in [0.5, 0.6) is 5.75 Å². The fourth-order valence-corrected chi connectivity index (χ4v) is 3.66. The van der Waals surface area contributed by atoms with Crippen LogP contribution in [0, 0.1) is 6.92 Å². The number of anilines is 1. The Kier molecular flexibility index (Phi) is 5.06. The highest BCUT2D eigenvalue weighted by Gasteiger charge is 2.47. The standard InChI is InChI=1S/C24H20N2O4/c1-15-8-3-4-12-19(15)26-21(18-11-5-6-13-25-18)20(23(28)24(26)29)22(27)16-9-7-10-17(14-16)30-2/h3-14,21,27H,1-2H3/b22-20-. The van der Waals surface area contributed by atoms with Crippen LogP contribution in [0.1, 0.15) is 22.9 Å². The van der Waals surface area contributed by atoms with E-state index in [1.165, 1.54) is 12.0 Å². The summed E-state index contributed by atoms with van der Waals surface area (Å²) in [7, 11) is 1.52. The Morgan fingerprint density at radius 2 is 1.80 bits per heavy atom. The molecule has 3 aromatic rings. The maximum absolute atomic E-state index is 13.1. The van der Waals surface area contributed by atoms with Gasteiger partial charge in [-0.3, -0.25) is 19.5 Å². The second-order valence-electron chi connectivity index (χ2n) is 6.94. The van der Waals surface area contributed by atoms with Crippen LogP contribution in [-0.4, -0.2) is 28.9 Å². The Balaban J connectivity index is 1.96. The largest absolute Gasteiger partial charge is 0.507 e. The molecule has 6 heteroatoms. The average Bonchev–Trinajstić information content (AvgIpc) is 3.05. The zero-order valence-electron chi connectivity index (χ0n) is 16.6. The van der Waals surface area contributed by atoms with E-state index in [0.29, 0.717) is 22.7 Å². The minimum atomic E-state index is -0.849.